The van der Waals surface area contributed by atoms with Crippen molar-refractivity contribution in [3.63, 3.8) is 0 Å². The number of aromatic nitrogens is 2. The average molecular weight is 200 g/mol. The van der Waals surface area contributed by atoms with Crippen LogP contribution in [0, 0.1) is 0 Å². The fraction of sp³-hybridized carbons (Fsp3) is 0.750. The van der Waals surface area contributed by atoms with Gasteiger partial charge in [0.05, 0.1) is 0 Å². The van der Waals surface area contributed by atoms with Crippen molar-refractivity contribution in [2.24, 2.45) is 5.73 Å². The van der Waals surface area contributed by atoms with Gasteiger partial charge in [-0.1, -0.05) is 24.7 Å². The summed E-state index contributed by atoms with van der Waals surface area (Å²) in [7, 11) is 0. The number of nitrogens with two attached hydrogens (primary N) is 1. The number of rotatable bonds is 6. The molecule has 1 aromatic heterocycles. The summed E-state index contributed by atoms with van der Waals surface area (Å²) in [6, 6.07) is 0. The lowest BCUT2D eigenvalue weighted by molar-refractivity contribution is 0.830. The molecule has 1 rings (SSSR count). The van der Waals surface area contributed by atoms with Gasteiger partial charge in [0.25, 0.3) is 0 Å². The summed E-state index contributed by atoms with van der Waals surface area (Å²) < 4.78 is 0. The number of hydrogen-bond donors (Lipinski definition) is 2. The molecule has 0 saturated carbocycles. The van der Waals surface area contributed by atoms with E-state index in [1.165, 1.54) is 12.8 Å². The van der Waals surface area contributed by atoms with Gasteiger partial charge in [-0.25, -0.2) is 0 Å². The lowest BCUT2D eigenvalue weighted by Crippen LogP contribution is -2.01. The van der Waals surface area contributed by atoms with E-state index in [-0.39, 0.29) is 0 Å². The fourth-order valence-corrected chi connectivity index (χ4v) is 1.70. The van der Waals surface area contributed by atoms with E-state index in [2.05, 4.69) is 22.4 Å². The van der Waals surface area contributed by atoms with Crippen LogP contribution >= 0.6 is 11.3 Å². The molecule has 13 heavy (non-hydrogen) atoms. The van der Waals surface area contributed by atoms with E-state index in [9.17, 15) is 0 Å². The number of hydrogen-bond acceptors (Lipinski definition) is 5. The Bertz CT molecular complexity index is 236. The van der Waals surface area contributed by atoms with Crippen LogP contribution in [0.3, 0.4) is 0 Å². The van der Waals surface area contributed by atoms with Crippen LogP contribution in [0.2, 0.25) is 0 Å². The van der Waals surface area contributed by atoms with Crippen LogP contribution in [-0.2, 0) is 6.42 Å². The minimum Gasteiger partial charge on any atom is -0.360 e. The zero-order chi connectivity index (χ0) is 9.52. The van der Waals surface area contributed by atoms with Gasteiger partial charge in [-0.15, -0.1) is 10.2 Å². The van der Waals surface area contributed by atoms with E-state index >= 15 is 0 Å². The third-order valence-corrected chi connectivity index (χ3v) is 2.57. The van der Waals surface area contributed by atoms with Gasteiger partial charge in [0.15, 0.2) is 0 Å². The number of unbranched alkanes of at least 4 members (excludes halogenated alkanes) is 1. The smallest absolute Gasteiger partial charge is 0.205 e. The Morgan fingerprint density at radius 2 is 2.31 bits per heavy atom. The second-order valence-corrected chi connectivity index (χ2v) is 3.88. The molecule has 0 saturated heterocycles. The molecule has 0 unspecified atom stereocenters. The van der Waals surface area contributed by atoms with Gasteiger partial charge in [0.2, 0.25) is 5.13 Å². The fourth-order valence-electron chi connectivity index (χ4n) is 0.922. The standard InChI is InChI=1S/C8H16N4S/c1-2-3-6-10-8-12-11-7(13-8)4-5-9/h2-6,9H2,1H3,(H,10,12). The first-order valence-corrected chi connectivity index (χ1v) is 5.44. The Kier molecular flexibility index (Phi) is 4.70. The molecule has 0 bridgehead atoms. The van der Waals surface area contributed by atoms with Crippen molar-refractivity contribution >= 4 is 16.5 Å². The second-order valence-electron chi connectivity index (χ2n) is 2.82. The molecular formula is C8H16N4S. The number of anilines is 1. The molecule has 0 atom stereocenters. The molecule has 1 aromatic rings. The maximum atomic E-state index is 5.41. The minimum absolute atomic E-state index is 0.642. The molecule has 74 valence electrons. The molecule has 0 aliphatic rings. The molecule has 0 aliphatic carbocycles. The Hall–Kier alpha value is -0.680. The molecule has 0 amide bonds. The predicted molar refractivity (Wildman–Crippen MR) is 56.1 cm³/mol. The van der Waals surface area contributed by atoms with Gasteiger partial charge in [-0.05, 0) is 13.0 Å². The van der Waals surface area contributed by atoms with E-state index in [0.717, 1.165) is 23.1 Å². The molecule has 0 aromatic carbocycles. The van der Waals surface area contributed by atoms with Crippen LogP contribution in [-0.4, -0.2) is 23.3 Å². The zero-order valence-electron chi connectivity index (χ0n) is 7.92. The van der Waals surface area contributed by atoms with Gasteiger partial charge < -0.3 is 11.1 Å². The lowest BCUT2D eigenvalue weighted by Gasteiger charge is -1.97. The highest BCUT2D eigenvalue weighted by Gasteiger charge is 2.01. The number of nitrogens with one attached hydrogen (secondary N) is 1. The van der Waals surface area contributed by atoms with Crippen molar-refractivity contribution in [2.45, 2.75) is 26.2 Å². The largest absolute Gasteiger partial charge is 0.360 e. The SMILES string of the molecule is CCCCNc1nnc(CCN)s1. The van der Waals surface area contributed by atoms with E-state index in [0.29, 0.717) is 6.54 Å². The first kappa shape index (κ1) is 10.4. The Balaban J connectivity index is 2.31. The van der Waals surface area contributed by atoms with Gasteiger partial charge in [0, 0.05) is 13.0 Å². The minimum atomic E-state index is 0.642. The van der Waals surface area contributed by atoms with Crippen molar-refractivity contribution < 1.29 is 0 Å². The van der Waals surface area contributed by atoms with E-state index in [4.69, 9.17) is 5.73 Å². The first-order chi connectivity index (χ1) is 6.36. The van der Waals surface area contributed by atoms with E-state index in [1.807, 2.05) is 0 Å². The predicted octanol–water partition coefficient (Wildman–Crippen LogP) is 1.25. The van der Waals surface area contributed by atoms with Gasteiger partial charge in [-0.3, -0.25) is 0 Å². The molecular weight excluding hydrogens is 184 g/mol. The summed E-state index contributed by atoms with van der Waals surface area (Å²) in [5.41, 5.74) is 5.41. The molecule has 1 heterocycles. The monoisotopic (exact) mass is 200 g/mol. The molecule has 4 nitrogen and oxygen atoms in total. The van der Waals surface area contributed by atoms with Crippen molar-refractivity contribution in [1.82, 2.24) is 10.2 Å². The molecule has 3 N–H and O–H groups in total. The summed E-state index contributed by atoms with van der Waals surface area (Å²) in [6.45, 7) is 3.79. The van der Waals surface area contributed by atoms with Crippen LogP contribution in [0.25, 0.3) is 0 Å². The normalized spacial score (nSPS) is 10.3. The van der Waals surface area contributed by atoms with Crippen LogP contribution in [0.4, 0.5) is 5.13 Å². The second kappa shape index (κ2) is 5.88. The summed E-state index contributed by atoms with van der Waals surface area (Å²) in [6.07, 6.45) is 3.19. The summed E-state index contributed by atoms with van der Waals surface area (Å²) in [5, 5.41) is 13.2. The summed E-state index contributed by atoms with van der Waals surface area (Å²) in [4.78, 5) is 0. The van der Waals surface area contributed by atoms with Gasteiger partial charge >= 0.3 is 0 Å². The highest BCUT2D eigenvalue weighted by Crippen LogP contribution is 2.14. The van der Waals surface area contributed by atoms with Gasteiger partial charge in [0.1, 0.15) is 5.01 Å². The maximum absolute atomic E-state index is 5.41. The summed E-state index contributed by atoms with van der Waals surface area (Å²) in [5.74, 6) is 0. The van der Waals surface area contributed by atoms with Crippen molar-refractivity contribution in [3.05, 3.63) is 5.01 Å². The quantitative estimate of drug-likeness (QED) is 0.678. The van der Waals surface area contributed by atoms with Crippen LogP contribution in [0.15, 0.2) is 0 Å². The highest BCUT2D eigenvalue weighted by atomic mass is 32.1. The Morgan fingerprint density at radius 1 is 1.46 bits per heavy atom. The topological polar surface area (TPSA) is 63.8 Å². The third kappa shape index (κ3) is 3.69. The first-order valence-electron chi connectivity index (χ1n) is 4.63. The molecule has 0 radical (unpaired) electrons. The Morgan fingerprint density at radius 3 is 3.00 bits per heavy atom. The molecule has 0 spiro atoms. The van der Waals surface area contributed by atoms with Crippen molar-refractivity contribution in [3.8, 4) is 0 Å². The zero-order valence-corrected chi connectivity index (χ0v) is 8.73. The highest BCUT2D eigenvalue weighted by molar-refractivity contribution is 7.15. The van der Waals surface area contributed by atoms with Crippen molar-refractivity contribution in [1.29, 1.82) is 0 Å². The molecule has 0 aliphatic heterocycles. The van der Waals surface area contributed by atoms with E-state index in [1.54, 1.807) is 11.3 Å². The van der Waals surface area contributed by atoms with Crippen LogP contribution in [0.5, 0.6) is 0 Å². The van der Waals surface area contributed by atoms with Gasteiger partial charge in [-0.2, -0.15) is 0 Å². The van der Waals surface area contributed by atoms with Crippen molar-refractivity contribution in [2.75, 3.05) is 18.4 Å². The van der Waals surface area contributed by atoms with E-state index < -0.39 is 0 Å². The average Bonchev–Trinajstić information content (AvgIpc) is 2.54. The maximum Gasteiger partial charge on any atom is 0.205 e. The Labute approximate surface area is 82.6 Å². The lowest BCUT2D eigenvalue weighted by atomic mass is 10.3. The van der Waals surface area contributed by atoms with Crippen LogP contribution in [0.1, 0.15) is 24.8 Å². The summed E-state index contributed by atoms with van der Waals surface area (Å²) >= 11 is 1.59. The number of nitrogens with zero attached hydrogens (tertiary/aromatic N) is 2. The molecule has 5 heteroatoms. The molecule has 0 fully saturated rings. The van der Waals surface area contributed by atoms with Crippen LogP contribution < -0.4 is 11.1 Å². The third-order valence-electron chi connectivity index (χ3n) is 1.63.